The van der Waals surface area contributed by atoms with Gasteiger partial charge in [-0.05, 0) is 61.9 Å². The Kier molecular flexibility index (Phi) is 3.76. The van der Waals surface area contributed by atoms with Crippen molar-refractivity contribution in [3.8, 4) is 0 Å². The van der Waals surface area contributed by atoms with Gasteiger partial charge < -0.3 is 9.80 Å². The van der Waals surface area contributed by atoms with Crippen LogP contribution in [0, 0.1) is 5.92 Å². The van der Waals surface area contributed by atoms with Gasteiger partial charge >= 0.3 is 0 Å². The van der Waals surface area contributed by atoms with Crippen LogP contribution in [0.2, 0.25) is 0 Å². The highest BCUT2D eigenvalue weighted by Gasteiger charge is 2.50. The van der Waals surface area contributed by atoms with Gasteiger partial charge in [0.15, 0.2) is 0 Å². The second-order valence-electron chi connectivity index (χ2n) is 6.91. The summed E-state index contributed by atoms with van der Waals surface area (Å²) in [5, 5.41) is 0. The van der Waals surface area contributed by atoms with Crippen molar-refractivity contribution in [2.24, 2.45) is 5.92 Å². The number of nitrogens with zero attached hydrogens (tertiary/aromatic N) is 2. The zero-order chi connectivity index (χ0) is 14.2. The smallest absolute Gasteiger partial charge is 0.0366 e. The van der Waals surface area contributed by atoms with Crippen molar-refractivity contribution in [3.05, 3.63) is 29.8 Å². The molecule has 0 aromatic heterocycles. The van der Waals surface area contributed by atoms with Crippen molar-refractivity contribution in [2.45, 2.75) is 38.5 Å². The Labute approximate surface area is 123 Å². The molecule has 2 heteroatoms. The van der Waals surface area contributed by atoms with E-state index in [4.69, 9.17) is 0 Å². The van der Waals surface area contributed by atoms with Crippen LogP contribution >= 0.6 is 0 Å². The van der Waals surface area contributed by atoms with Crippen LogP contribution in [0.3, 0.4) is 0 Å². The van der Waals surface area contributed by atoms with Gasteiger partial charge in [0, 0.05) is 25.3 Å². The lowest BCUT2D eigenvalue weighted by Crippen LogP contribution is -2.23. The summed E-state index contributed by atoms with van der Waals surface area (Å²) < 4.78 is 0. The first-order valence-corrected chi connectivity index (χ1v) is 8.17. The molecule has 0 bridgehead atoms. The van der Waals surface area contributed by atoms with Crippen molar-refractivity contribution in [1.82, 2.24) is 4.90 Å². The Morgan fingerprint density at radius 1 is 1.20 bits per heavy atom. The molecule has 1 aromatic carbocycles. The third-order valence-electron chi connectivity index (χ3n) is 5.48. The first-order chi connectivity index (χ1) is 9.63. The molecule has 0 unspecified atom stereocenters. The van der Waals surface area contributed by atoms with E-state index in [2.05, 4.69) is 55.0 Å². The summed E-state index contributed by atoms with van der Waals surface area (Å²) in [5.74, 6) is 0.838. The number of rotatable bonds is 5. The molecule has 0 amide bonds. The average Bonchev–Trinajstić information content (AvgIpc) is 2.92. The van der Waals surface area contributed by atoms with Gasteiger partial charge in [-0.2, -0.15) is 0 Å². The Hall–Kier alpha value is -1.02. The lowest BCUT2D eigenvalue weighted by Gasteiger charge is -2.20. The SMILES string of the molecule is CCN(C)C[C@H]1C[C@]1(C)c1ccc(N2CCCC2)cc1. The molecule has 0 N–H and O–H groups in total. The Bertz CT molecular complexity index is 447. The number of anilines is 1. The zero-order valence-electron chi connectivity index (χ0n) is 13.2. The lowest BCUT2D eigenvalue weighted by molar-refractivity contribution is 0.326. The van der Waals surface area contributed by atoms with E-state index in [1.807, 2.05) is 0 Å². The first-order valence-electron chi connectivity index (χ1n) is 8.17. The van der Waals surface area contributed by atoms with Crippen LogP contribution in [0.15, 0.2) is 24.3 Å². The van der Waals surface area contributed by atoms with E-state index >= 15 is 0 Å². The maximum atomic E-state index is 2.52. The number of benzene rings is 1. The van der Waals surface area contributed by atoms with Crippen molar-refractivity contribution in [3.63, 3.8) is 0 Å². The highest BCUT2D eigenvalue weighted by atomic mass is 15.1. The first kappa shape index (κ1) is 13.9. The van der Waals surface area contributed by atoms with Crippen molar-refractivity contribution in [1.29, 1.82) is 0 Å². The van der Waals surface area contributed by atoms with Gasteiger partial charge in [-0.1, -0.05) is 26.0 Å². The molecule has 2 nitrogen and oxygen atoms in total. The summed E-state index contributed by atoms with van der Waals surface area (Å²) >= 11 is 0. The summed E-state index contributed by atoms with van der Waals surface area (Å²) in [4.78, 5) is 4.95. The van der Waals surface area contributed by atoms with E-state index in [0.717, 1.165) is 12.5 Å². The quantitative estimate of drug-likeness (QED) is 0.809. The molecule has 2 aliphatic rings. The van der Waals surface area contributed by atoms with Gasteiger partial charge in [-0.3, -0.25) is 0 Å². The maximum absolute atomic E-state index is 2.52. The third-order valence-corrected chi connectivity index (χ3v) is 5.48. The standard InChI is InChI=1S/C18H28N2/c1-4-19(3)14-16-13-18(16,2)15-7-9-17(10-8-15)20-11-5-6-12-20/h7-10,16H,4-6,11-14H2,1-3H3/t16-,18-/m1/s1. The van der Waals surface area contributed by atoms with Crippen molar-refractivity contribution < 1.29 is 0 Å². The molecule has 110 valence electrons. The van der Waals surface area contributed by atoms with Crippen molar-refractivity contribution in [2.75, 3.05) is 38.1 Å². The molecule has 1 saturated carbocycles. The molecule has 1 aliphatic heterocycles. The van der Waals surface area contributed by atoms with Crippen LogP contribution in [0.4, 0.5) is 5.69 Å². The second-order valence-corrected chi connectivity index (χ2v) is 6.91. The van der Waals surface area contributed by atoms with Gasteiger partial charge in [-0.25, -0.2) is 0 Å². The van der Waals surface area contributed by atoms with E-state index in [1.54, 1.807) is 0 Å². The molecule has 0 radical (unpaired) electrons. The summed E-state index contributed by atoms with van der Waals surface area (Å²) in [6, 6.07) is 9.43. The molecule has 20 heavy (non-hydrogen) atoms. The summed E-state index contributed by atoms with van der Waals surface area (Å²) in [5.41, 5.74) is 3.38. The van der Waals surface area contributed by atoms with Gasteiger partial charge in [0.1, 0.15) is 0 Å². The van der Waals surface area contributed by atoms with E-state index < -0.39 is 0 Å². The minimum absolute atomic E-state index is 0.424. The zero-order valence-corrected chi connectivity index (χ0v) is 13.2. The Morgan fingerprint density at radius 3 is 2.45 bits per heavy atom. The normalized spacial score (nSPS) is 29.2. The number of hydrogen-bond acceptors (Lipinski definition) is 2. The minimum Gasteiger partial charge on any atom is -0.372 e. The van der Waals surface area contributed by atoms with Gasteiger partial charge in [0.05, 0.1) is 0 Å². The maximum Gasteiger partial charge on any atom is 0.0366 e. The molecular formula is C18H28N2. The summed E-state index contributed by atoms with van der Waals surface area (Å²) in [6.45, 7) is 9.54. The molecule has 3 rings (SSSR count). The minimum atomic E-state index is 0.424. The highest BCUT2D eigenvalue weighted by Crippen LogP contribution is 2.54. The van der Waals surface area contributed by atoms with Crippen molar-refractivity contribution >= 4 is 5.69 Å². The van der Waals surface area contributed by atoms with Gasteiger partial charge in [-0.15, -0.1) is 0 Å². The van der Waals surface area contributed by atoms with Crippen LogP contribution in [0.1, 0.15) is 38.7 Å². The summed E-state index contributed by atoms with van der Waals surface area (Å²) in [6.07, 6.45) is 4.05. The van der Waals surface area contributed by atoms with Crippen LogP contribution < -0.4 is 4.90 Å². The largest absolute Gasteiger partial charge is 0.372 e. The molecule has 0 spiro atoms. The van der Waals surface area contributed by atoms with Gasteiger partial charge in [0.25, 0.3) is 0 Å². The summed E-state index contributed by atoms with van der Waals surface area (Å²) in [7, 11) is 2.23. The molecule has 2 fully saturated rings. The topological polar surface area (TPSA) is 6.48 Å². The predicted molar refractivity (Wildman–Crippen MR) is 86.5 cm³/mol. The molecule has 1 aliphatic carbocycles. The Morgan fingerprint density at radius 2 is 1.85 bits per heavy atom. The van der Waals surface area contributed by atoms with Gasteiger partial charge in [0.2, 0.25) is 0 Å². The molecule has 1 heterocycles. The average molecular weight is 272 g/mol. The fraction of sp³-hybridized carbons (Fsp3) is 0.667. The fourth-order valence-corrected chi connectivity index (χ4v) is 3.61. The third kappa shape index (κ3) is 2.58. The second kappa shape index (κ2) is 5.40. The van der Waals surface area contributed by atoms with Crippen LogP contribution in [0.25, 0.3) is 0 Å². The molecular weight excluding hydrogens is 244 g/mol. The van der Waals surface area contributed by atoms with Crippen LogP contribution in [0.5, 0.6) is 0 Å². The lowest BCUT2D eigenvalue weighted by atomic mass is 9.95. The van der Waals surface area contributed by atoms with E-state index in [0.29, 0.717) is 5.41 Å². The van der Waals surface area contributed by atoms with E-state index in [-0.39, 0.29) is 0 Å². The predicted octanol–water partition coefficient (Wildman–Crippen LogP) is 3.52. The number of hydrogen-bond donors (Lipinski definition) is 0. The fourth-order valence-electron chi connectivity index (χ4n) is 3.61. The highest BCUT2D eigenvalue weighted by molar-refractivity contribution is 5.50. The monoisotopic (exact) mass is 272 g/mol. The Balaban J connectivity index is 1.66. The molecule has 2 atom stereocenters. The van der Waals surface area contributed by atoms with Crippen LogP contribution in [-0.4, -0.2) is 38.1 Å². The molecule has 1 aromatic rings. The van der Waals surface area contributed by atoms with E-state index in [9.17, 15) is 0 Å². The van der Waals surface area contributed by atoms with Crippen LogP contribution in [-0.2, 0) is 5.41 Å². The molecule has 1 saturated heterocycles. The van der Waals surface area contributed by atoms with E-state index in [1.165, 1.54) is 50.1 Å².